The lowest BCUT2D eigenvalue weighted by Gasteiger charge is -2.35. The van der Waals surface area contributed by atoms with E-state index in [1.165, 1.54) is 0 Å². The molecule has 0 spiro atoms. The van der Waals surface area contributed by atoms with Crippen LogP contribution in [0.2, 0.25) is 0 Å². The average Bonchev–Trinajstić information content (AvgIpc) is 2.65. The number of nitrogens with one attached hydrogen (secondary N) is 1. The molecule has 2 fully saturated rings. The number of ether oxygens (including phenoxy) is 1. The third kappa shape index (κ3) is 3.45. The van der Waals surface area contributed by atoms with Crippen molar-refractivity contribution in [2.45, 2.75) is 70.8 Å². The summed E-state index contributed by atoms with van der Waals surface area (Å²) in [6, 6.07) is 8.12. The lowest BCUT2D eigenvalue weighted by Crippen LogP contribution is -2.48. The van der Waals surface area contributed by atoms with Crippen LogP contribution in [0.4, 0.5) is 0 Å². The van der Waals surface area contributed by atoms with E-state index in [1.807, 2.05) is 52.0 Å². The van der Waals surface area contributed by atoms with Crippen LogP contribution in [0.3, 0.4) is 0 Å². The second-order valence-corrected chi connectivity index (χ2v) is 7.77. The third-order valence-electron chi connectivity index (χ3n) is 5.21. The highest BCUT2D eigenvalue weighted by atomic mass is 16.7. The molecule has 1 aromatic rings. The minimum Gasteiger partial charge on any atom is -0.490 e. The molecular weight excluding hydrogens is 305 g/mol. The normalized spacial score (nSPS) is 27.5. The number of benzene rings is 1. The summed E-state index contributed by atoms with van der Waals surface area (Å²) in [6.07, 6.45) is 1.89. The fourth-order valence-corrected chi connectivity index (χ4v) is 2.94. The molecule has 1 aliphatic heterocycles. The summed E-state index contributed by atoms with van der Waals surface area (Å²) in [4.78, 5) is 11.0. The molecule has 6 heteroatoms. The van der Waals surface area contributed by atoms with Gasteiger partial charge in [0.2, 0.25) is 5.91 Å². The van der Waals surface area contributed by atoms with E-state index in [-0.39, 0.29) is 36.4 Å². The molecule has 1 saturated heterocycles. The maximum Gasteiger partial charge on any atom is 0.494 e. The first-order valence-electron chi connectivity index (χ1n) is 8.56. The van der Waals surface area contributed by atoms with Crippen molar-refractivity contribution in [3.63, 3.8) is 0 Å². The van der Waals surface area contributed by atoms with Crippen molar-refractivity contribution in [1.82, 2.24) is 5.32 Å². The van der Waals surface area contributed by atoms with Crippen LogP contribution in [0.25, 0.3) is 0 Å². The number of rotatable bonds is 4. The van der Waals surface area contributed by atoms with Gasteiger partial charge < -0.3 is 19.4 Å². The molecule has 0 aromatic heterocycles. The molecule has 5 nitrogen and oxygen atoms in total. The van der Waals surface area contributed by atoms with Crippen LogP contribution in [0.15, 0.2) is 24.3 Å². The van der Waals surface area contributed by atoms with Gasteiger partial charge in [-0.25, -0.2) is 0 Å². The van der Waals surface area contributed by atoms with Crippen LogP contribution < -0.4 is 15.5 Å². The smallest absolute Gasteiger partial charge is 0.490 e. The Labute approximate surface area is 144 Å². The Morgan fingerprint density at radius 3 is 2.17 bits per heavy atom. The molecule has 0 atom stereocenters. The van der Waals surface area contributed by atoms with E-state index in [2.05, 4.69) is 5.32 Å². The van der Waals surface area contributed by atoms with E-state index in [1.54, 1.807) is 6.92 Å². The molecule has 1 aromatic carbocycles. The van der Waals surface area contributed by atoms with Gasteiger partial charge >= 0.3 is 7.12 Å². The number of carbonyl (C=O) groups excluding carboxylic acids is 1. The fraction of sp³-hybridized carbons (Fsp3) is 0.611. The summed E-state index contributed by atoms with van der Waals surface area (Å²) >= 11 is 0. The van der Waals surface area contributed by atoms with Gasteiger partial charge in [0.15, 0.2) is 0 Å². The van der Waals surface area contributed by atoms with Gasteiger partial charge in [0.1, 0.15) is 11.9 Å². The number of carbonyl (C=O) groups is 1. The van der Waals surface area contributed by atoms with Crippen LogP contribution in [0.1, 0.15) is 47.5 Å². The monoisotopic (exact) mass is 331 g/mol. The topological polar surface area (TPSA) is 56.8 Å². The molecule has 0 radical (unpaired) electrons. The van der Waals surface area contributed by atoms with Gasteiger partial charge in [0.05, 0.1) is 11.2 Å². The first-order chi connectivity index (χ1) is 11.2. The summed E-state index contributed by atoms with van der Waals surface area (Å²) in [5.74, 6) is 0.853. The van der Waals surface area contributed by atoms with E-state index in [4.69, 9.17) is 14.0 Å². The zero-order chi connectivity index (χ0) is 17.5. The van der Waals surface area contributed by atoms with E-state index < -0.39 is 0 Å². The minimum atomic E-state index is -0.350. The lowest BCUT2D eigenvalue weighted by molar-refractivity contribution is -0.120. The van der Waals surface area contributed by atoms with Crippen molar-refractivity contribution in [1.29, 1.82) is 0 Å². The molecule has 1 heterocycles. The van der Waals surface area contributed by atoms with Gasteiger partial charge in [-0.05, 0) is 45.3 Å². The lowest BCUT2D eigenvalue weighted by atomic mass is 9.79. The van der Waals surface area contributed by atoms with Gasteiger partial charge in [-0.2, -0.15) is 0 Å². The fourth-order valence-electron chi connectivity index (χ4n) is 2.94. The molecule has 24 heavy (non-hydrogen) atoms. The van der Waals surface area contributed by atoms with Crippen LogP contribution in [0, 0.1) is 0 Å². The zero-order valence-corrected chi connectivity index (χ0v) is 15.1. The van der Waals surface area contributed by atoms with Gasteiger partial charge in [0.25, 0.3) is 0 Å². The Balaban J connectivity index is 1.55. The summed E-state index contributed by atoms with van der Waals surface area (Å²) in [5, 5.41) is 2.90. The molecule has 1 aliphatic carbocycles. The van der Waals surface area contributed by atoms with Gasteiger partial charge in [-0.1, -0.05) is 12.1 Å². The molecule has 1 N–H and O–H groups in total. The largest absolute Gasteiger partial charge is 0.494 e. The average molecular weight is 331 g/mol. The van der Waals surface area contributed by atoms with Crippen molar-refractivity contribution >= 4 is 18.5 Å². The second kappa shape index (κ2) is 6.08. The summed E-state index contributed by atoms with van der Waals surface area (Å²) in [7, 11) is -0.350. The Kier molecular flexibility index (Phi) is 4.38. The Morgan fingerprint density at radius 1 is 1.12 bits per heavy atom. The summed E-state index contributed by atoms with van der Waals surface area (Å²) in [6.45, 7) is 9.74. The maximum absolute atomic E-state index is 11.0. The molecule has 0 unspecified atom stereocenters. The van der Waals surface area contributed by atoms with Crippen molar-refractivity contribution in [2.75, 3.05) is 0 Å². The Morgan fingerprint density at radius 2 is 1.67 bits per heavy atom. The highest BCUT2D eigenvalue weighted by Crippen LogP contribution is 2.36. The first kappa shape index (κ1) is 17.3. The predicted molar refractivity (Wildman–Crippen MR) is 93.4 cm³/mol. The molecule has 0 bridgehead atoms. The van der Waals surface area contributed by atoms with E-state index in [9.17, 15) is 4.79 Å². The molecule has 1 saturated carbocycles. The number of hydrogen-bond acceptors (Lipinski definition) is 4. The SMILES string of the molecule is CC(=O)NC1CC(Oc2ccc(B3OC(C)(C)C(C)(C)O3)cc2)C1. The second-order valence-electron chi connectivity index (χ2n) is 7.77. The van der Waals surface area contributed by atoms with Crippen molar-refractivity contribution in [3.05, 3.63) is 24.3 Å². The standard InChI is InChI=1S/C18H26BNO4/c1-12(21)20-14-10-16(11-14)22-15-8-6-13(7-9-15)19-23-17(2,3)18(4,5)24-19/h6-9,14,16H,10-11H2,1-5H3,(H,20,21). The predicted octanol–water partition coefficient (Wildman–Crippen LogP) is 2.03. The van der Waals surface area contributed by atoms with E-state index in [0.717, 1.165) is 24.1 Å². The van der Waals surface area contributed by atoms with Crippen LogP contribution in [0.5, 0.6) is 5.75 Å². The van der Waals surface area contributed by atoms with Crippen molar-refractivity contribution in [3.8, 4) is 5.75 Å². The minimum absolute atomic E-state index is 0.0187. The number of hydrogen-bond donors (Lipinski definition) is 1. The van der Waals surface area contributed by atoms with E-state index in [0.29, 0.717) is 0 Å². The molecule has 130 valence electrons. The van der Waals surface area contributed by atoms with Gasteiger partial charge in [0, 0.05) is 25.8 Å². The summed E-state index contributed by atoms with van der Waals surface area (Å²) in [5.41, 5.74) is 0.320. The first-order valence-corrected chi connectivity index (χ1v) is 8.56. The molecular formula is C18H26BNO4. The highest BCUT2D eigenvalue weighted by Gasteiger charge is 2.51. The molecule has 3 rings (SSSR count). The zero-order valence-electron chi connectivity index (χ0n) is 15.1. The number of amides is 1. The van der Waals surface area contributed by atoms with Crippen LogP contribution in [-0.2, 0) is 14.1 Å². The Hall–Kier alpha value is -1.53. The molecule has 1 amide bonds. The quantitative estimate of drug-likeness (QED) is 0.858. The van der Waals surface area contributed by atoms with Crippen LogP contribution in [-0.4, -0.2) is 36.4 Å². The molecule has 2 aliphatic rings. The third-order valence-corrected chi connectivity index (χ3v) is 5.21. The highest BCUT2D eigenvalue weighted by molar-refractivity contribution is 6.62. The summed E-state index contributed by atoms with van der Waals surface area (Å²) < 4.78 is 18.0. The van der Waals surface area contributed by atoms with Crippen molar-refractivity contribution in [2.24, 2.45) is 0 Å². The van der Waals surface area contributed by atoms with Crippen molar-refractivity contribution < 1.29 is 18.8 Å². The maximum atomic E-state index is 11.0. The van der Waals surface area contributed by atoms with Crippen LogP contribution >= 0.6 is 0 Å². The van der Waals surface area contributed by atoms with E-state index >= 15 is 0 Å². The Bertz CT molecular complexity index is 592. The van der Waals surface area contributed by atoms with Gasteiger partial charge in [-0.3, -0.25) is 4.79 Å². The van der Waals surface area contributed by atoms with Gasteiger partial charge in [-0.15, -0.1) is 0 Å².